The number of alkyl halides is 2. The van der Waals surface area contributed by atoms with Crippen LogP contribution in [0.15, 0.2) is 12.1 Å². The summed E-state index contributed by atoms with van der Waals surface area (Å²) in [6.07, 6.45) is 2.12. The average molecular weight is 459 g/mol. The number of nitriles is 1. The molecule has 2 saturated heterocycles. The van der Waals surface area contributed by atoms with E-state index in [4.69, 9.17) is 0 Å². The van der Waals surface area contributed by atoms with Crippen molar-refractivity contribution in [2.75, 3.05) is 6.54 Å². The molecule has 2 aliphatic heterocycles. The highest BCUT2D eigenvalue weighted by Gasteiger charge is 2.62. The summed E-state index contributed by atoms with van der Waals surface area (Å²) in [5.74, 6) is -4.19. The van der Waals surface area contributed by atoms with Gasteiger partial charge in [-0.3, -0.25) is 14.4 Å². The largest absolute Gasteiger partial charge is 0.355 e. The molecule has 4 fully saturated rings. The Morgan fingerprint density at radius 3 is 2.58 bits per heavy atom. The van der Waals surface area contributed by atoms with Gasteiger partial charge < -0.3 is 20.5 Å². The normalized spacial score (nSPS) is 28.8. The molecule has 0 aromatic carbocycles. The zero-order chi connectivity index (χ0) is 23.6. The van der Waals surface area contributed by atoms with Gasteiger partial charge in [0.2, 0.25) is 17.7 Å². The Labute approximate surface area is 190 Å². The molecule has 3 amide bonds. The van der Waals surface area contributed by atoms with Crippen molar-refractivity contribution in [3.05, 3.63) is 23.5 Å². The van der Waals surface area contributed by atoms with Gasteiger partial charge in [-0.1, -0.05) is 0 Å². The Morgan fingerprint density at radius 1 is 1.30 bits per heavy atom. The van der Waals surface area contributed by atoms with Crippen molar-refractivity contribution in [2.45, 2.75) is 75.4 Å². The lowest BCUT2D eigenvalue weighted by Gasteiger charge is -2.44. The standard InChI is InChI=1S/C23H27F2N5O3/c1-13-2-3-16(27-13)20(33)30-12-21(10-23(24,25)11-21)8-17(30)19(32)28-15(9-26)6-14-7-22(4-5-22)29-18(14)31/h2-3,14-15,17,27H,4-8,10-12H2,1H3,(H,28,32)(H,29,31). The van der Waals surface area contributed by atoms with E-state index in [0.29, 0.717) is 12.1 Å². The molecule has 10 heteroatoms. The number of rotatable bonds is 5. The molecule has 1 aromatic rings. The average Bonchev–Trinajstić information content (AvgIpc) is 3.04. The maximum atomic E-state index is 13.7. The second-order valence-electron chi connectivity index (χ2n) is 10.5. The van der Waals surface area contributed by atoms with Gasteiger partial charge in [-0.25, -0.2) is 8.78 Å². The van der Waals surface area contributed by atoms with Crippen LogP contribution in [0.25, 0.3) is 0 Å². The summed E-state index contributed by atoms with van der Waals surface area (Å²) in [5, 5.41) is 15.3. The molecule has 3 unspecified atom stereocenters. The van der Waals surface area contributed by atoms with Crippen LogP contribution in [0.4, 0.5) is 8.78 Å². The summed E-state index contributed by atoms with van der Waals surface area (Å²) >= 11 is 0. The molecule has 3 heterocycles. The molecule has 2 saturated carbocycles. The van der Waals surface area contributed by atoms with Crippen molar-refractivity contribution >= 4 is 17.7 Å². The highest BCUT2D eigenvalue weighted by molar-refractivity contribution is 5.97. The minimum atomic E-state index is -2.78. The monoisotopic (exact) mass is 459 g/mol. The minimum absolute atomic E-state index is 0.0718. The minimum Gasteiger partial charge on any atom is -0.355 e. The number of hydrogen-bond acceptors (Lipinski definition) is 4. The van der Waals surface area contributed by atoms with Gasteiger partial charge in [-0.2, -0.15) is 5.26 Å². The van der Waals surface area contributed by atoms with Crippen LogP contribution in [0.2, 0.25) is 0 Å². The zero-order valence-corrected chi connectivity index (χ0v) is 18.4. The first-order valence-electron chi connectivity index (χ1n) is 11.4. The Hall–Kier alpha value is -2.96. The zero-order valence-electron chi connectivity index (χ0n) is 18.4. The number of aromatic nitrogens is 1. The number of likely N-dealkylation sites (tertiary alicyclic amines) is 1. The van der Waals surface area contributed by atoms with Crippen LogP contribution in [0, 0.1) is 29.6 Å². The summed E-state index contributed by atoms with van der Waals surface area (Å²) in [7, 11) is 0. The van der Waals surface area contributed by atoms with Gasteiger partial charge in [0.05, 0.1) is 6.07 Å². The molecule has 0 bridgehead atoms. The van der Waals surface area contributed by atoms with Gasteiger partial charge in [0.1, 0.15) is 17.8 Å². The third kappa shape index (κ3) is 3.98. The Balaban J connectivity index is 1.30. The van der Waals surface area contributed by atoms with Crippen LogP contribution in [0.1, 0.15) is 61.1 Å². The fourth-order valence-corrected chi connectivity index (χ4v) is 5.93. The van der Waals surface area contributed by atoms with E-state index in [1.54, 1.807) is 19.1 Å². The van der Waals surface area contributed by atoms with E-state index in [1.807, 2.05) is 0 Å². The SMILES string of the molecule is Cc1ccc(C(=O)N2CC3(CC2C(=O)NC(C#N)CC2CC4(CC4)NC2=O)CC(F)(F)C3)[nH]1. The fourth-order valence-electron chi connectivity index (χ4n) is 5.93. The number of aromatic amines is 1. The highest BCUT2D eigenvalue weighted by atomic mass is 19.3. The van der Waals surface area contributed by atoms with Crippen LogP contribution in [0.3, 0.4) is 0 Å². The van der Waals surface area contributed by atoms with E-state index in [1.165, 1.54) is 4.90 Å². The number of halogens is 2. The van der Waals surface area contributed by atoms with Crippen LogP contribution in [-0.2, 0) is 9.59 Å². The molecule has 3 N–H and O–H groups in total. The predicted octanol–water partition coefficient (Wildman–Crippen LogP) is 2.02. The Kier molecular flexibility index (Phi) is 4.82. The van der Waals surface area contributed by atoms with Gasteiger partial charge in [0, 0.05) is 42.0 Å². The van der Waals surface area contributed by atoms with Crippen molar-refractivity contribution in [1.82, 2.24) is 20.5 Å². The summed E-state index contributed by atoms with van der Waals surface area (Å²) in [6, 6.07) is 3.55. The van der Waals surface area contributed by atoms with E-state index in [0.717, 1.165) is 18.5 Å². The molecule has 176 valence electrons. The van der Waals surface area contributed by atoms with Crippen molar-refractivity contribution in [2.24, 2.45) is 11.3 Å². The molecule has 2 aliphatic carbocycles. The first-order chi connectivity index (χ1) is 15.5. The Bertz CT molecular complexity index is 1050. The first-order valence-corrected chi connectivity index (χ1v) is 11.4. The molecule has 0 radical (unpaired) electrons. The number of hydrogen-bond donors (Lipinski definition) is 3. The third-order valence-electron chi connectivity index (χ3n) is 7.64. The summed E-state index contributed by atoms with van der Waals surface area (Å²) in [6.45, 7) is 1.86. The molecular weight excluding hydrogens is 432 g/mol. The summed E-state index contributed by atoms with van der Waals surface area (Å²) < 4.78 is 27.4. The van der Waals surface area contributed by atoms with Crippen LogP contribution < -0.4 is 10.6 Å². The number of H-pyrrole nitrogens is 1. The maximum Gasteiger partial charge on any atom is 0.270 e. The first kappa shape index (κ1) is 21.9. The number of nitrogens with one attached hydrogen (secondary N) is 3. The van der Waals surface area contributed by atoms with Crippen LogP contribution in [-0.4, -0.2) is 57.7 Å². The van der Waals surface area contributed by atoms with E-state index in [2.05, 4.69) is 21.7 Å². The smallest absolute Gasteiger partial charge is 0.270 e. The van der Waals surface area contributed by atoms with Gasteiger partial charge in [-0.05, 0) is 51.2 Å². The molecule has 3 atom stereocenters. The number of aryl methyl sites for hydroxylation is 1. The van der Waals surface area contributed by atoms with Crippen molar-refractivity contribution in [3.8, 4) is 6.07 Å². The van der Waals surface area contributed by atoms with Gasteiger partial charge in [-0.15, -0.1) is 0 Å². The lowest BCUT2D eigenvalue weighted by atomic mass is 9.65. The topological polar surface area (TPSA) is 118 Å². The summed E-state index contributed by atoms with van der Waals surface area (Å²) in [5.41, 5.74) is 0.143. The molecule has 4 aliphatic rings. The highest BCUT2D eigenvalue weighted by Crippen LogP contribution is 2.58. The number of nitrogens with zero attached hydrogens (tertiary/aromatic N) is 2. The van der Waals surface area contributed by atoms with E-state index in [9.17, 15) is 28.4 Å². The lowest BCUT2D eigenvalue weighted by Crippen LogP contribution is -2.49. The molecule has 33 heavy (non-hydrogen) atoms. The number of carbonyl (C=O) groups excluding carboxylic acids is 3. The van der Waals surface area contributed by atoms with Crippen molar-refractivity contribution in [3.63, 3.8) is 0 Å². The lowest BCUT2D eigenvalue weighted by molar-refractivity contribution is -0.155. The number of amides is 3. The van der Waals surface area contributed by atoms with E-state index >= 15 is 0 Å². The second kappa shape index (κ2) is 7.27. The van der Waals surface area contributed by atoms with E-state index < -0.39 is 35.2 Å². The van der Waals surface area contributed by atoms with Crippen LogP contribution >= 0.6 is 0 Å². The van der Waals surface area contributed by atoms with Crippen molar-refractivity contribution in [1.29, 1.82) is 5.26 Å². The second-order valence-corrected chi connectivity index (χ2v) is 10.5. The fraction of sp³-hybridized carbons (Fsp3) is 0.652. The molecular formula is C23H27F2N5O3. The number of carbonyl (C=O) groups is 3. The van der Waals surface area contributed by atoms with E-state index in [-0.39, 0.29) is 49.6 Å². The van der Waals surface area contributed by atoms with Gasteiger partial charge in [0.25, 0.3) is 5.91 Å². The predicted molar refractivity (Wildman–Crippen MR) is 112 cm³/mol. The molecule has 2 spiro atoms. The molecule has 8 nitrogen and oxygen atoms in total. The van der Waals surface area contributed by atoms with Crippen LogP contribution in [0.5, 0.6) is 0 Å². The van der Waals surface area contributed by atoms with Gasteiger partial charge in [0.15, 0.2) is 0 Å². The molecule has 5 rings (SSSR count). The summed E-state index contributed by atoms with van der Waals surface area (Å²) in [4.78, 5) is 42.9. The quantitative estimate of drug-likeness (QED) is 0.624. The third-order valence-corrected chi connectivity index (χ3v) is 7.64. The Morgan fingerprint density at radius 2 is 2.03 bits per heavy atom. The molecule has 1 aromatic heterocycles. The van der Waals surface area contributed by atoms with Crippen molar-refractivity contribution < 1.29 is 23.2 Å². The van der Waals surface area contributed by atoms with Gasteiger partial charge >= 0.3 is 0 Å². The maximum absolute atomic E-state index is 13.7.